The Morgan fingerprint density at radius 2 is 2.00 bits per heavy atom. The van der Waals surface area contributed by atoms with Crippen molar-refractivity contribution in [3.8, 4) is 0 Å². The van der Waals surface area contributed by atoms with Crippen molar-refractivity contribution in [2.24, 2.45) is 7.05 Å². The van der Waals surface area contributed by atoms with Crippen molar-refractivity contribution in [2.75, 3.05) is 13.6 Å². The van der Waals surface area contributed by atoms with E-state index in [9.17, 15) is 13.2 Å². The molecule has 1 aliphatic rings. The van der Waals surface area contributed by atoms with Crippen LogP contribution >= 0.6 is 0 Å². The van der Waals surface area contributed by atoms with Crippen molar-refractivity contribution in [2.45, 2.75) is 31.8 Å². The molecular formula is C18H25N5O3S. The monoisotopic (exact) mass is 391 g/mol. The molecule has 9 heteroatoms. The predicted molar refractivity (Wildman–Crippen MR) is 102 cm³/mol. The summed E-state index contributed by atoms with van der Waals surface area (Å²) in [6, 6.07) is 8.58. The first-order valence-electron chi connectivity index (χ1n) is 8.85. The normalized spacial score (nSPS) is 22.5. The van der Waals surface area contributed by atoms with Crippen molar-refractivity contribution in [3.63, 3.8) is 0 Å². The molecule has 8 nitrogen and oxygen atoms in total. The summed E-state index contributed by atoms with van der Waals surface area (Å²) >= 11 is 0. The summed E-state index contributed by atoms with van der Waals surface area (Å²) in [6.45, 7) is 2.33. The van der Waals surface area contributed by atoms with E-state index in [1.807, 2.05) is 37.3 Å². The maximum absolute atomic E-state index is 12.7. The van der Waals surface area contributed by atoms with E-state index in [1.54, 1.807) is 17.9 Å². The third kappa shape index (κ3) is 4.20. The summed E-state index contributed by atoms with van der Waals surface area (Å²) in [6.07, 6.45) is 2.69. The van der Waals surface area contributed by atoms with Crippen molar-refractivity contribution >= 4 is 16.1 Å². The fourth-order valence-corrected chi connectivity index (χ4v) is 4.53. The van der Waals surface area contributed by atoms with Crippen LogP contribution in [0.1, 0.15) is 29.3 Å². The highest BCUT2D eigenvalue weighted by molar-refractivity contribution is 7.87. The van der Waals surface area contributed by atoms with Gasteiger partial charge in [-0.25, -0.2) is 0 Å². The molecule has 1 amide bonds. The van der Waals surface area contributed by atoms with Gasteiger partial charge in [0.2, 0.25) is 5.91 Å². The van der Waals surface area contributed by atoms with Gasteiger partial charge in [-0.05, 0) is 25.3 Å². The molecule has 3 rings (SSSR count). The van der Waals surface area contributed by atoms with E-state index < -0.39 is 22.3 Å². The quantitative estimate of drug-likeness (QED) is 0.783. The number of nitrogens with zero attached hydrogens (tertiary/aromatic N) is 3. The van der Waals surface area contributed by atoms with Crippen molar-refractivity contribution in [3.05, 3.63) is 53.3 Å². The molecule has 1 aromatic heterocycles. The molecule has 1 aromatic carbocycles. The van der Waals surface area contributed by atoms with E-state index in [2.05, 4.69) is 15.1 Å². The van der Waals surface area contributed by atoms with Crippen LogP contribution in [0, 0.1) is 6.92 Å². The van der Waals surface area contributed by atoms with Gasteiger partial charge in [-0.15, -0.1) is 0 Å². The fraction of sp³-hybridized carbons (Fsp3) is 0.444. The lowest BCUT2D eigenvalue weighted by molar-refractivity contribution is -0.125. The van der Waals surface area contributed by atoms with E-state index in [4.69, 9.17) is 0 Å². The van der Waals surface area contributed by atoms with E-state index in [0.29, 0.717) is 19.4 Å². The average molecular weight is 391 g/mol. The van der Waals surface area contributed by atoms with Gasteiger partial charge in [0.15, 0.2) is 0 Å². The number of aryl methyl sites for hydroxylation is 1. The third-order valence-corrected chi connectivity index (χ3v) is 6.67. The van der Waals surface area contributed by atoms with Crippen molar-refractivity contribution in [1.82, 2.24) is 24.1 Å². The van der Waals surface area contributed by atoms with Gasteiger partial charge >= 0.3 is 0 Å². The second-order valence-electron chi connectivity index (χ2n) is 6.78. The van der Waals surface area contributed by atoms with Gasteiger partial charge in [0.1, 0.15) is 6.04 Å². The number of hydrogen-bond donors (Lipinski definition) is 2. The molecule has 2 N–H and O–H groups in total. The van der Waals surface area contributed by atoms with Gasteiger partial charge < -0.3 is 5.32 Å². The molecule has 1 fully saturated rings. The summed E-state index contributed by atoms with van der Waals surface area (Å²) in [5.74, 6) is -0.287. The van der Waals surface area contributed by atoms with Gasteiger partial charge in [0.05, 0.1) is 12.2 Å². The Morgan fingerprint density at radius 3 is 2.63 bits per heavy atom. The maximum atomic E-state index is 12.7. The SMILES string of the molecule is Cc1c([C@H]2C[C@H](C(=O)NCCc3ccccc3)N(C)S(=O)(=O)N2)cnn1C. The largest absolute Gasteiger partial charge is 0.354 e. The fourth-order valence-electron chi connectivity index (χ4n) is 3.26. The third-order valence-electron chi connectivity index (χ3n) is 5.08. The van der Waals surface area contributed by atoms with E-state index >= 15 is 0 Å². The highest BCUT2D eigenvalue weighted by Crippen LogP contribution is 2.29. The molecule has 0 radical (unpaired) electrons. The zero-order valence-corrected chi connectivity index (χ0v) is 16.5. The minimum absolute atomic E-state index is 0.287. The molecule has 1 saturated heterocycles. The molecule has 0 saturated carbocycles. The Balaban J connectivity index is 1.70. The zero-order chi connectivity index (χ0) is 19.6. The van der Waals surface area contributed by atoms with Crippen LogP contribution in [-0.2, 0) is 28.5 Å². The van der Waals surface area contributed by atoms with Gasteiger partial charge in [-0.2, -0.15) is 22.5 Å². The molecule has 2 aromatic rings. The number of carbonyl (C=O) groups excluding carboxylic acids is 1. The molecule has 0 aliphatic carbocycles. The standard InChI is InChI=1S/C18H25N5O3S/c1-13-15(12-20-22(13)2)16-11-17(23(3)27(25,26)21-16)18(24)19-10-9-14-7-5-4-6-8-14/h4-8,12,16-17,21H,9-11H2,1-3H3,(H,19,24)/t16-,17-/m1/s1. The first kappa shape index (κ1) is 19.5. The highest BCUT2D eigenvalue weighted by atomic mass is 32.2. The predicted octanol–water partition coefficient (Wildman–Crippen LogP) is 0.667. The Labute approximate surface area is 159 Å². The molecule has 2 atom stereocenters. The summed E-state index contributed by atoms with van der Waals surface area (Å²) in [4.78, 5) is 12.7. The number of rotatable bonds is 5. The van der Waals surface area contributed by atoms with Crippen LogP contribution in [0.25, 0.3) is 0 Å². The molecule has 1 aliphatic heterocycles. The topological polar surface area (TPSA) is 96.3 Å². The minimum Gasteiger partial charge on any atom is -0.354 e. The smallest absolute Gasteiger partial charge is 0.280 e. The van der Waals surface area contributed by atoms with Crippen LogP contribution in [-0.4, -0.2) is 48.0 Å². The molecule has 27 heavy (non-hydrogen) atoms. The summed E-state index contributed by atoms with van der Waals surface area (Å²) in [5, 5.41) is 7.05. The number of amides is 1. The lowest BCUT2D eigenvalue weighted by Crippen LogP contribution is -2.57. The second kappa shape index (κ2) is 7.79. The Hall–Kier alpha value is -2.23. The molecule has 0 spiro atoms. The lowest BCUT2D eigenvalue weighted by atomic mass is 10.00. The van der Waals surface area contributed by atoms with Crippen molar-refractivity contribution < 1.29 is 13.2 Å². The summed E-state index contributed by atoms with van der Waals surface area (Å²) < 4.78 is 30.4. The molecule has 146 valence electrons. The van der Waals surface area contributed by atoms with Crippen LogP contribution in [0.2, 0.25) is 0 Å². The molecule has 0 unspecified atom stereocenters. The van der Waals surface area contributed by atoms with Crippen LogP contribution < -0.4 is 10.0 Å². The number of likely N-dealkylation sites (N-methyl/N-ethyl adjacent to an activating group) is 1. The number of carbonyl (C=O) groups is 1. The van der Waals surface area contributed by atoms with E-state index in [-0.39, 0.29) is 5.91 Å². The first-order valence-corrected chi connectivity index (χ1v) is 10.3. The van der Waals surface area contributed by atoms with Gasteiger partial charge in [0.25, 0.3) is 10.2 Å². The minimum atomic E-state index is -3.75. The van der Waals surface area contributed by atoms with Crippen LogP contribution in [0.4, 0.5) is 0 Å². The van der Waals surface area contributed by atoms with E-state index in [1.165, 1.54) is 7.05 Å². The second-order valence-corrected chi connectivity index (χ2v) is 8.54. The first-order chi connectivity index (χ1) is 12.8. The van der Waals surface area contributed by atoms with Crippen LogP contribution in [0.15, 0.2) is 36.5 Å². The van der Waals surface area contributed by atoms with Gasteiger partial charge in [-0.3, -0.25) is 9.48 Å². The van der Waals surface area contributed by atoms with E-state index in [0.717, 1.165) is 21.1 Å². The Morgan fingerprint density at radius 1 is 1.30 bits per heavy atom. The molecule has 2 heterocycles. The molecular weight excluding hydrogens is 366 g/mol. The number of aromatic nitrogens is 2. The molecule has 0 bridgehead atoms. The number of hydrogen-bond acceptors (Lipinski definition) is 4. The Bertz CT molecular complexity index is 910. The number of nitrogens with one attached hydrogen (secondary N) is 2. The summed E-state index contributed by atoms with van der Waals surface area (Å²) in [7, 11) is -0.524. The van der Waals surface area contributed by atoms with Crippen molar-refractivity contribution in [1.29, 1.82) is 0 Å². The summed E-state index contributed by atoms with van der Waals surface area (Å²) in [5.41, 5.74) is 2.78. The zero-order valence-electron chi connectivity index (χ0n) is 15.7. The lowest BCUT2D eigenvalue weighted by Gasteiger charge is -2.36. The van der Waals surface area contributed by atoms with Crippen LogP contribution in [0.5, 0.6) is 0 Å². The maximum Gasteiger partial charge on any atom is 0.280 e. The van der Waals surface area contributed by atoms with Gasteiger partial charge in [-0.1, -0.05) is 30.3 Å². The average Bonchev–Trinajstić information content (AvgIpc) is 2.97. The van der Waals surface area contributed by atoms with Crippen LogP contribution in [0.3, 0.4) is 0 Å². The highest BCUT2D eigenvalue weighted by Gasteiger charge is 2.41. The Kier molecular flexibility index (Phi) is 5.64. The van der Waals surface area contributed by atoms with Gasteiger partial charge in [0, 0.05) is 31.9 Å². The number of benzene rings is 1.